The number of nitrogens with zero attached hydrogens (tertiary/aromatic N) is 3. The molecule has 0 amide bonds. The van der Waals surface area contributed by atoms with Gasteiger partial charge in [0.25, 0.3) is 5.89 Å². The second kappa shape index (κ2) is 8.16. The van der Waals surface area contributed by atoms with Gasteiger partial charge in [0.2, 0.25) is 5.89 Å². The molecule has 0 fully saturated rings. The molecule has 0 spiro atoms. The zero-order valence-corrected chi connectivity index (χ0v) is 16.6. The maximum atomic E-state index is 10.0. The van der Waals surface area contributed by atoms with E-state index in [0.717, 1.165) is 22.6 Å². The maximum Gasteiger partial charge on any atom is 0.251 e. The van der Waals surface area contributed by atoms with E-state index in [2.05, 4.69) is 39.4 Å². The van der Waals surface area contributed by atoms with E-state index in [0.29, 0.717) is 11.5 Å². The molecule has 0 saturated carbocycles. The molecule has 0 saturated heterocycles. The van der Waals surface area contributed by atoms with Crippen LogP contribution >= 0.6 is 0 Å². The van der Waals surface area contributed by atoms with Crippen molar-refractivity contribution in [3.05, 3.63) is 109 Å². The number of hydrogen-bond donors (Lipinski definition) is 1. The van der Waals surface area contributed by atoms with Crippen molar-refractivity contribution in [3.8, 4) is 28.7 Å². The molecule has 1 heterocycles. The van der Waals surface area contributed by atoms with E-state index in [9.17, 15) is 5.11 Å². The number of aromatic hydroxyl groups is 1. The van der Waals surface area contributed by atoms with Crippen molar-refractivity contribution in [2.24, 2.45) is 0 Å². The van der Waals surface area contributed by atoms with E-state index in [-0.39, 0.29) is 11.6 Å². The molecule has 1 aromatic heterocycles. The number of phenols is 1. The standard InChI is InChI=1S/C26H19N3O2/c30-24-14-8-7-13-23(24)26-28-27-25(31-26)19-15-17-22(18-16-19)29(20-9-3-1-4-10-20)21-11-5-2-6-12-21/h1-18,30H. The number of benzene rings is 4. The van der Waals surface area contributed by atoms with Crippen LogP contribution in [0.4, 0.5) is 17.1 Å². The Hall–Kier alpha value is -4.38. The number of rotatable bonds is 5. The van der Waals surface area contributed by atoms with Crippen LogP contribution in [0.2, 0.25) is 0 Å². The van der Waals surface area contributed by atoms with Crippen molar-refractivity contribution >= 4 is 17.1 Å². The lowest BCUT2D eigenvalue weighted by atomic mass is 10.1. The zero-order valence-electron chi connectivity index (χ0n) is 16.6. The van der Waals surface area contributed by atoms with Crippen molar-refractivity contribution in [1.82, 2.24) is 10.2 Å². The summed E-state index contributed by atoms with van der Waals surface area (Å²) in [6.07, 6.45) is 0. The average molecular weight is 405 g/mol. The summed E-state index contributed by atoms with van der Waals surface area (Å²) in [5, 5.41) is 18.3. The van der Waals surface area contributed by atoms with Gasteiger partial charge in [0.15, 0.2) is 0 Å². The van der Waals surface area contributed by atoms with E-state index < -0.39 is 0 Å². The highest BCUT2D eigenvalue weighted by Gasteiger charge is 2.15. The molecule has 5 rings (SSSR count). The Balaban J connectivity index is 1.49. The monoisotopic (exact) mass is 405 g/mol. The van der Waals surface area contributed by atoms with Crippen molar-refractivity contribution in [2.75, 3.05) is 4.90 Å². The van der Waals surface area contributed by atoms with Crippen LogP contribution in [0.1, 0.15) is 0 Å². The van der Waals surface area contributed by atoms with Gasteiger partial charge in [-0.2, -0.15) is 0 Å². The topological polar surface area (TPSA) is 62.4 Å². The third-order valence-electron chi connectivity index (χ3n) is 4.96. The molecular formula is C26H19N3O2. The van der Waals surface area contributed by atoms with Crippen molar-refractivity contribution in [3.63, 3.8) is 0 Å². The van der Waals surface area contributed by atoms with E-state index in [1.54, 1.807) is 18.2 Å². The number of para-hydroxylation sites is 3. The van der Waals surface area contributed by atoms with Gasteiger partial charge in [-0.05, 0) is 60.7 Å². The summed E-state index contributed by atoms with van der Waals surface area (Å²) >= 11 is 0. The third kappa shape index (κ3) is 3.76. The van der Waals surface area contributed by atoms with Crippen LogP contribution < -0.4 is 4.90 Å². The second-order valence-electron chi connectivity index (χ2n) is 6.98. The number of phenolic OH excluding ortho intramolecular Hbond substituents is 1. The molecule has 0 unspecified atom stereocenters. The van der Waals surface area contributed by atoms with Crippen LogP contribution in [0.25, 0.3) is 22.9 Å². The highest BCUT2D eigenvalue weighted by Crippen LogP contribution is 2.35. The fourth-order valence-corrected chi connectivity index (χ4v) is 3.46. The van der Waals surface area contributed by atoms with E-state index in [1.807, 2.05) is 66.7 Å². The first-order valence-corrected chi connectivity index (χ1v) is 9.92. The largest absolute Gasteiger partial charge is 0.507 e. The summed E-state index contributed by atoms with van der Waals surface area (Å²) in [5.41, 5.74) is 4.47. The van der Waals surface area contributed by atoms with Crippen LogP contribution in [-0.2, 0) is 0 Å². The molecule has 0 aliphatic carbocycles. The number of aromatic nitrogens is 2. The fourth-order valence-electron chi connectivity index (χ4n) is 3.46. The fraction of sp³-hybridized carbons (Fsp3) is 0. The molecule has 5 aromatic rings. The van der Waals surface area contributed by atoms with Crippen LogP contribution in [0, 0.1) is 0 Å². The van der Waals surface area contributed by atoms with E-state index in [4.69, 9.17) is 4.42 Å². The molecule has 0 aliphatic rings. The zero-order chi connectivity index (χ0) is 21.0. The van der Waals surface area contributed by atoms with E-state index >= 15 is 0 Å². The summed E-state index contributed by atoms with van der Waals surface area (Å²) in [6.45, 7) is 0. The molecule has 4 aromatic carbocycles. The summed E-state index contributed by atoms with van der Waals surface area (Å²) in [6, 6.07) is 35.3. The highest BCUT2D eigenvalue weighted by molar-refractivity contribution is 5.77. The predicted molar refractivity (Wildman–Crippen MR) is 122 cm³/mol. The second-order valence-corrected chi connectivity index (χ2v) is 6.98. The molecule has 1 N–H and O–H groups in total. The Kier molecular flexibility index (Phi) is 4.91. The van der Waals surface area contributed by atoms with Gasteiger partial charge in [0.1, 0.15) is 5.75 Å². The lowest BCUT2D eigenvalue weighted by Crippen LogP contribution is -2.09. The molecule has 31 heavy (non-hydrogen) atoms. The minimum absolute atomic E-state index is 0.106. The average Bonchev–Trinajstić information content (AvgIpc) is 3.32. The quantitative estimate of drug-likeness (QED) is 0.358. The summed E-state index contributed by atoms with van der Waals surface area (Å²) in [4.78, 5) is 2.19. The smallest absolute Gasteiger partial charge is 0.251 e. The van der Waals surface area contributed by atoms with Crippen molar-refractivity contribution in [2.45, 2.75) is 0 Å². The normalized spacial score (nSPS) is 10.7. The molecular weight excluding hydrogens is 386 g/mol. The Morgan fingerprint density at radius 2 is 1.06 bits per heavy atom. The van der Waals surface area contributed by atoms with Gasteiger partial charge in [-0.15, -0.1) is 10.2 Å². The lowest BCUT2D eigenvalue weighted by molar-refractivity contribution is 0.473. The van der Waals surface area contributed by atoms with Crippen LogP contribution in [0.3, 0.4) is 0 Å². The summed E-state index contributed by atoms with van der Waals surface area (Å²) in [7, 11) is 0. The molecule has 150 valence electrons. The molecule has 0 bridgehead atoms. The molecule has 0 aliphatic heterocycles. The molecule has 5 heteroatoms. The van der Waals surface area contributed by atoms with Gasteiger partial charge in [0.05, 0.1) is 5.56 Å². The van der Waals surface area contributed by atoms with Crippen molar-refractivity contribution in [1.29, 1.82) is 0 Å². The summed E-state index contributed by atoms with van der Waals surface area (Å²) < 4.78 is 5.81. The van der Waals surface area contributed by atoms with Crippen LogP contribution in [-0.4, -0.2) is 15.3 Å². The van der Waals surface area contributed by atoms with E-state index in [1.165, 1.54) is 0 Å². The lowest BCUT2D eigenvalue weighted by Gasteiger charge is -2.25. The number of hydrogen-bond acceptors (Lipinski definition) is 5. The molecule has 0 atom stereocenters. The minimum atomic E-state index is 0.106. The highest BCUT2D eigenvalue weighted by atomic mass is 16.4. The minimum Gasteiger partial charge on any atom is -0.507 e. The van der Waals surface area contributed by atoms with Crippen LogP contribution in [0.5, 0.6) is 5.75 Å². The predicted octanol–water partition coefficient (Wildman–Crippen LogP) is 6.58. The third-order valence-corrected chi connectivity index (χ3v) is 4.96. The Bertz CT molecular complexity index is 1240. The van der Waals surface area contributed by atoms with Crippen molar-refractivity contribution < 1.29 is 9.52 Å². The Morgan fingerprint density at radius 3 is 1.68 bits per heavy atom. The summed E-state index contributed by atoms with van der Waals surface area (Å²) in [5.74, 6) is 0.789. The van der Waals surface area contributed by atoms with Crippen LogP contribution in [0.15, 0.2) is 114 Å². The number of anilines is 3. The van der Waals surface area contributed by atoms with Gasteiger partial charge in [-0.3, -0.25) is 0 Å². The first-order valence-electron chi connectivity index (χ1n) is 9.92. The van der Waals surface area contributed by atoms with Gasteiger partial charge in [0, 0.05) is 22.6 Å². The molecule has 5 nitrogen and oxygen atoms in total. The molecule has 0 radical (unpaired) electrons. The Labute approximate surface area is 179 Å². The maximum absolute atomic E-state index is 10.0. The Morgan fingerprint density at radius 1 is 0.548 bits per heavy atom. The first kappa shape index (κ1) is 18.6. The van der Waals surface area contributed by atoms with Gasteiger partial charge in [-0.25, -0.2) is 0 Å². The van der Waals surface area contributed by atoms with Gasteiger partial charge < -0.3 is 14.4 Å². The van der Waals surface area contributed by atoms with Gasteiger partial charge in [-0.1, -0.05) is 48.5 Å². The SMILES string of the molecule is Oc1ccccc1-c1nnc(-c2ccc(N(c3ccccc3)c3ccccc3)cc2)o1. The first-order chi connectivity index (χ1) is 15.3. The van der Waals surface area contributed by atoms with Gasteiger partial charge >= 0.3 is 0 Å².